The van der Waals surface area contributed by atoms with Gasteiger partial charge in [-0.1, -0.05) is 48.5 Å². The number of fused-ring (bicyclic) bond motifs is 1. The number of carbonyl (C=O) groups excluding carboxylic acids is 4. The van der Waals surface area contributed by atoms with E-state index in [1.807, 2.05) is 54.6 Å². The topological polar surface area (TPSA) is 153 Å². The lowest BCUT2D eigenvalue weighted by molar-refractivity contribution is -0.141. The fraction of sp³-hybridized carbons (Fsp3) is 0.441. The first-order valence-electron chi connectivity index (χ1n) is 15.7. The van der Waals surface area contributed by atoms with Crippen LogP contribution in [-0.2, 0) is 25.5 Å². The smallest absolute Gasteiger partial charge is 0.411 e. The zero-order valence-electron chi connectivity index (χ0n) is 26.4. The van der Waals surface area contributed by atoms with Crippen molar-refractivity contribution in [3.05, 3.63) is 72.4 Å². The fourth-order valence-electron chi connectivity index (χ4n) is 5.83. The summed E-state index contributed by atoms with van der Waals surface area (Å²) in [5.41, 5.74) is 1.49. The van der Waals surface area contributed by atoms with Gasteiger partial charge in [-0.25, -0.2) is 4.79 Å². The van der Waals surface area contributed by atoms with E-state index in [0.29, 0.717) is 18.7 Å². The predicted molar refractivity (Wildman–Crippen MR) is 173 cm³/mol. The molecule has 12 nitrogen and oxygen atoms in total. The van der Waals surface area contributed by atoms with E-state index in [2.05, 4.69) is 20.9 Å². The van der Waals surface area contributed by atoms with Crippen LogP contribution in [0.3, 0.4) is 0 Å². The van der Waals surface area contributed by atoms with Crippen molar-refractivity contribution in [2.75, 3.05) is 31.5 Å². The zero-order chi connectivity index (χ0) is 32.8. The minimum Gasteiger partial charge on any atom is -0.444 e. The number of nitrogens with zero attached hydrogens (tertiary/aromatic N) is 3. The number of likely N-dealkylation sites (tertiary alicyclic amines) is 1. The molecule has 1 aromatic heterocycles. The molecule has 46 heavy (non-hydrogen) atoms. The molecule has 244 valence electrons. The number of hydrogen-bond acceptors (Lipinski definition) is 8. The van der Waals surface area contributed by atoms with Gasteiger partial charge < -0.3 is 30.7 Å². The minimum absolute atomic E-state index is 0.0305. The van der Waals surface area contributed by atoms with E-state index in [-0.39, 0.29) is 32.5 Å². The highest BCUT2D eigenvalue weighted by Crippen LogP contribution is 2.25. The van der Waals surface area contributed by atoms with Gasteiger partial charge in [-0.15, -0.1) is 0 Å². The van der Waals surface area contributed by atoms with Crippen LogP contribution in [0.15, 0.2) is 66.9 Å². The number of pyridine rings is 1. The van der Waals surface area contributed by atoms with Crippen LogP contribution in [0.25, 0.3) is 10.9 Å². The van der Waals surface area contributed by atoms with Crippen molar-refractivity contribution >= 4 is 40.4 Å². The van der Waals surface area contributed by atoms with E-state index in [4.69, 9.17) is 4.74 Å². The van der Waals surface area contributed by atoms with Crippen molar-refractivity contribution in [2.45, 2.75) is 69.9 Å². The molecule has 5 rings (SSSR count). The number of carbonyl (C=O) groups is 4. The van der Waals surface area contributed by atoms with E-state index in [0.717, 1.165) is 16.5 Å². The molecular formula is C34H42N6O6. The molecule has 2 fully saturated rings. The Kier molecular flexibility index (Phi) is 10.2. The van der Waals surface area contributed by atoms with Crippen molar-refractivity contribution in [2.24, 2.45) is 0 Å². The molecule has 1 unspecified atom stereocenters. The molecule has 2 aliphatic heterocycles. The van der Waals surface area contributed by atoms with E-state index in [9.17, 15) is 24.3 Å². The Morgan fingerprint density at radius 1 is 1.04 bits per heavy atom. The maximum Gasteiger partial charge on any atom is 0.411 e. The first-order valence-corrected chi connectivity index (χ1v) is 15.7. The minimum atomic E-state index is -1.26. The average molecular weight is 631 g/mol. The van der Waals surface area contributed by atoms with Gasteiger partial charge in [0, 0.05) is 37.6 Å². The second-order valence-corrected chi connectivity index (χ2v) is 12.8. The van der Waals surface area contributed by atoms with E-state index >= 15 is 0 Å². The number of hydrogen-bond donors (Lipinski definition) is 4. The number of para-hydroxylation sites is 1. The molecule has 12 heteroatoms. The number of ether oxygens (including phenoxy) is 1. The summed E-state index contributed by atoms with van der Waals surface area (Å²) < 4.78 is 5.58. The maximum absolute atomic E-state index is 14.1. The van der Waals surface area contributed by atoms with E-state index in [1.165, 1.54) is 9.80 Å². The molecule has 0 aliphatic carbocycles. The summed E-state index contributed by atoms with van der Waals surface area (Å²) in [6, 6.07) is 16.4. The van der Waals surface area contributed by atoms with Crippen molar-refractivity contribution < 1.29 is 29.0 Å². The summed E-state index contributed by atoms with van der Waals surface area (Å²) >= 11 is 0. The molecule has 2 saturated heterocycles. The van der Waals surface area contributed by atoms with Gasteiger partial charge in [-0.2, -0.15) is 0 Å². The van der Waals surface area contributed by atoms with Gasteiger partial charge in [-0.05, 0) is 57.7 Å². The summed E-state index contributed by atoms with van der Waals surface area (Å²) in [5.74, 6) is -1.45. The Hall–Kier alpha value is -4.55. The summed E-state index contributed by atoms with van der Waals surface area (Å²) in [4.78, 5) is 61.2. The Bertz CT molecular complexity index is 1560. The van der Waals surface area contributed by atoms with Gasteiger partial charge in [0.15, 0.2) is 0 Å². The van der Waals surface area contributed by atoms with Crippen LogP contribution in [-0.4, -0.2) is 99.7 Å². The second-order valence-electron chi connectivity index (χ2n) is 12.8. The third-order valence-corrected chi connectivity index (χ3v) is 8.10. The number of aliphatic hydroxyl groups is 1. The number of anilines is 1. The SMILES string of the molecule is CC(C)(C)OC(=O)N1CCNCC1C(=O)N1C[C@H](NC(=O)[C@H](O)CCc2ccccc2)C[C@H]1C(=O)Nc1cnc2ccccc2c1. The van der Waals surface area contributed by atoms with Crippen LogP contribution >= 0.6 is 0 Å². The Morgan fingerprint density at radius 3 is 2.54 bits per heavy atom. The van der Waals surface area contributed by atoms with E-state index < -0.39 is 53.6 Å². The van der Waals surface area contributed by atoms with Gasteiger partial charge >= 0.3 is 6.09 Å². The zero-order valence-corrected chi connectivity index (χ0v) is 26.4. The van der Waals surface area contributed by atoms with Crippen LogP contribution in [0.4, 0.5) is 10.5 Å². The second kappa shape index (κ2) is 14.3. The molecule has 4 N–H and O–H groups in total. The summed E-state index contributed by atoms with van der Waals surface area (Å²) in [5, 5.41) is 20.4. The molecule has 3 heterocycles. The number of aliphatic hydroxyl groups excluding tert-OH is 1. The number of benzene rings is 2. The van der Waals surface area contributed by atoms with Crippen LogP contribution in [0.1, 0.15) is 39.2 Å². The van der Waals surface area contributed by atoms with E-state index in [1.54, 1.807) is 33.0 Å². The van der Waals surface area contributed by atoms with Gasteiger partial charge in [0.1, 0.15) is 23.8 Å². The average Bonchev–Trinajstić information content (AvgIpc) is 3.46. The third kappa shape index (κ3) is 8.18. The molecule has 4 atom stereocenters. The lowest BCUT2D eigenvalue weighted by Gasteiger charge is -2.38. The standard InChI is InChI=1S/C34H42N6O6/c1-34(2,3)46-33(45)39-16-15-35-20-28(39)32(44)40-21-25(38-31(43)29(41)14-13-22-9-5-4-6-10-22)18-27(40)30(42)37-24-17-23-11-7-8-12-26(23)36-19-24/h4-12,17,19,25,27-29,35,41H,13-16,18,20-21H2,1-3H3,(H,37,42)(H,38,43)/t25-,27+,28?,29-/m1/s1. The number of nitrogens with one attached hydrogen (secondary N) is 3. The lowest BCUT2D eigenvalue weighted by atomic mass is 10.1. The molecule has 4 amide bonds. The van der Waals surface area contributed by atoms with Crippen molar-refractivity contribution in [3.63, 3.8) is 0 Å². The molecule has 0 bridgehead atoms. The van der Waals surface area contributed by atoms with Crippen LogP contribution in [0, 0.1) is 0 Å². The number of piperazine rings is 1. The lowest BCUT2D eigenvalue weighted by Crippen LogP contribution is -2.62. The quantitative estimate of drug-likeness (QED) is 0.296. The Balaban J connectivity index is 1.32. The molecule has 2 aromatic carbocycles. The highest BCUT2D eigenvalue weighted by molar-refractivity contribution is 6.00. The largest absolute Gasteiger partial charge is 0.444 e. The normalized spacial score (nSPS) is 20.7. The van der Waals surface area contributed by atoms with Gasteiger partial charge in [0.2, 0.25) is 17.7 Å². The number of rotatable bonds is 8. The number of aromatic nitrogens is 1. The van der Waals surface area contributed by atoms with Gasteiger partial charge in [-0.3, -0.25) is 24.3 Å². The predicted octanol–water partition coefficient (Wildman–Crippen LogP) is 2.46. The monoisotopic (exact) mass is 630 g/mol. The Labute approximate surface area is 268 Å². The third-order valence-electron chi connectivity index (χ3n) is 8.10. The fourth-order valence-corrected chi connectivity index (χ4v) is 5.83. The van der Waals surface area contributed by atoms with Gasteiger partial charge in [0.05, 0.1) is 17.4 Å². The van der Waals surface area contributed by atoms with Crippen LogP contribution in [0.2, 0.25) is 0 Å². The molecule has 3 aromatic rings. The first kappa shape index (κ1) is 32.8. The highest BCUT2D eigenvalue weighted by Gasteiger charge is 2.45. The summed E-state index contributed by atoms with van der Waals surface area (Å²) in [7, 11) is 0. The highest BCUT2D eigenvalue weighted by atomic mass is 16.6. The molecular weight excluding hydrogens is 588 g/mol. The van der Waals surface area contributed by atoms with Crippen LogP contribution in [0.5, 0.6) is 0 Å². The molecule has 0 radical (unpaired) electrons. The molecule has 0 spiro atoms. The Morgan fingerprint density at radius 2 is 1.78 bits per heavy atom. The molecule has 0 saturated carbocycles. The van der Waals surface area contributed by atoms with Crippen molar-refractivity contribution in [1.82, 2.24) is 25.4 Å². The molecule has 2 aliphatic rings. The number of aryl methyl sites for hydroxylation is 1. The van der Waals surface area contributed by atoms with Crippen molar-refractivity contribution in [1.29, 1.82) is 0 Å². The van der Waals surface area contributed by atoms with Gasteiger partial charge in [0.25, 0.3) is 0 Å². The summed E-state index contributed by atoms with van der Waals surface area (Å²) in [6.45, 7) is 6.24. The summed E-state index contributed by atoms with van der Waals surface area (Å²) in [6.07, 6.45) is 0.557. The first-order chi connectivity index (χ1) is 22.0. The maximum atomic E-state index is 14.1. The van der Waals surface area contributed by atoms with Crippen molar-refractivity contribution in [3.8, 4) is 0 Å². The number of amides is 4. The van der Waals surface area contributed by atoms with Crippen LogP contribution < -0.4 is 16.0 Å².